The molecule has 1 aromatic heterocycles. The van der Waals surface area contributed by atoms with E-state index in [9.17, 15) is 0 Å². The molecule has 0 saturated heterocycles. The Hall–Kier alpha value is -0.900. The van der Waals surface area contributed by atoms with Gasteiger partial charge >= 0.3 is 0 Å². The van der Waals surface area contributed by atoms with Crippen LogP contribution in [0.2, 0.25) is 5.02 Å². The van der Waals surface area contributed by atoms with Crippen molar-refractivity contribution < 1.29 is 0 Å². The predicted molar refractivity (Wildman–Crippen MR) is 86.0 cm³/mol. The highest BCUT2D eigenvalue weighted by Gasteiger charge is 2.24. The number of benzene rings is 1. The molecule has 2 nitrogen and oxygen atoms in total. The smallest absolute Gasteiger partial charge is 0.0975 e. The number of nitrogens with zero attached hydrogens (tertiary/aromatic N) is 1. The summed E-state index contributed by atoms with van der Waals surface area (Å²) >= 11 is 8.12. The van der Waals surface area contributed by atoms with Crippen molar-refractivity contribution in [3.05, 3.63) is 50.4 Å². The van der Waals surface area contributed by atoms with Gasteiger partial charge in [0.15, 0.2) is 0 Å². The number of halogens is 1. The van der Waals surface area contributed by atoms with Crippen molar-refractivity contribution >= 4 is 22.9 Å². The number of rotatable bonds is 4. The van der Waals surface area contributed by atoms with Crippen molar-refractivity contribution in [2.24, 2.45) is 0 Å². The van der Waals surface area contributed by atoms with Gasteiger partial charge in [-0.3, -0.25) is 0 Å². The highest BCUT2D eigenvalue weighted by molar-refractivity contribution is 7.11. The van der Waals surface area contributed by atoms with Gasteiger partial charge in [0.1, 0.15) is 0 Å². The zero-order valence-electron chi connectivity index (χ0n) is 11.7. The first-order valence-corrected chi connectivity index (χ1v) is 8.34. The van der Waals surface area contributed by atoms with E-state index in [0.717, 1.165) is 18.0 Å². The molecule has 20 heavy (non-hydrogen) atoms. The van der Waals surface area contributed by atoms with E-state index in [1.807, 2.05) is 36.6 Å². The molecule has 1 N–H and O–H groups in total. The van der Waals surface area contributed by atoms with Crippen molar-refractivity contribution in [3.8, 4) is 0 Å². The maximum atomic E-state index is 6.25. The molecule has 1 heterocycles. The first-order valence-electron chi connectivity index (χ1n) is 7.14. The van der Waals surface area contributed by atoms with Crippen molar-refractivity contribution in [1.82, 2.24) is 10.3 Å². The van der Waals surface area contributed by atoms with E-state index in [2.05, 4.69) is 11.4 Å². The fourth-order valence-corrected chi connectivity index (χ4v) is 4.31. The Balaban J connectivity index is 1.84. The maximum absolute atomic E-state index is 6.25. The number of hydrogen-bond acceptors (Lipinski definition) is 3. The zero-order chi connectivity index (χ0) is 13.9. The van der Waals surface area contributed by atoms with Crippen LogP contribution in [0.3, 0.4) is 0 Å². The van der Waals surface area contributed by atoms with Crippen LogP contribution >= 0.6 is 22.9 Å². The van der Waals surface area contributed by atoms with E-state index >= 15 is 0 Å². The number of nitrogens with one attached hydrogen (secondary N) is 1. The summed E-state index contributed by atoms with van der Waals surface area (Å²) in [5, 5.41) is 5.33. The average Bonchev–Trinajstić information content (AvgIpc) is 2.85. The number of aryl methyl sites for hydroxylation is 1. The van der Waals surface area contributed by atoms with Gasteiger partial charge < -0.3 is 5.32 Å². The van der Waals surface area contributed by atoms with Crippen LogP contribution < -0.4 is 5.32 Å². The molecule has 1 aliphatic rings. The lowest BCUT2D eigenvalue weighted by Gasteiger charge is -2.20. The summed E-state index contributed by atoms with van der Waals surface area (Å²) in [5.41, 5.74) is 2.50. The molecule has 0 fully saturated rings. The van der Waals surface area contributed by atoms with Gasteiger partial charge in [-0.2, -0.15) is 0 Å². The standard InChI is InChI=1S/C16H19ClN2S/c1-18-10-12-6-4-8-14-16(12)19-15(20-14)9-11-5-2-3-7-13(11)17/h2-3,5,7,12,18H,4,6,8-10H2,1H3. The minimum absolute atomic E-state index is 0.583. The molecule has 0 spiro atoms. The first-order chi connectivity index (χ1) is 9.78. The number of aromatic nitrogens is 1. The third kappa shape index (κ3) is 2.90. The van der Waals surface area contributed by atoms with E-state index < -0.39 is 0 Å². The topological polar surface area (TPSA) is 24.9 Å². The number of likely N-dealkylation sites (N-methyl/N-ethyl adjacent to an activating group) is 1. The lowest BCUT2D eigenvalue weighted by atomic mass is 9.91. The summed E-state index contributed by atoms with van der Waals surface area (Å²) in [6.07, 6.45) is 4.58. The summed E-state index contributed by atoms with van der Waals surface area (Å²) < 4.78 is 0. The van der Waals surface area contributed by atoms with Gasteiger partial charge in [-0.25, -0.2) is 4.98 Å². The number of hydrogen-bond donors (Lipinski definition) is 1. The van der Waals surface area contributed by atoms with Crippen molar-refractivity contribution in [2.45, 2.75) is 31.6 Å². The molecule has 1 unspecified atom stereocenters. The van der Waals surface area contributed by atoms with Gasteiger partial charge in [-0.15, -0.1) is 11.3 Å². The Bertz CT molecular complexity index is 594. The molecule has 0 radical (unpaired) electrons. The second-order valence-corrected chi connectivity index (χ2v) is 6.91. The fourth-order valence-electron chi connectivity index (χ4n) is 2.88. The molecule has 1 atom stereocenters. The van der Waals surface area contributed by atoms with Crippen LogP contribution in [-0.4, -0.2) is 18.6 Å². The second kappa shape index (κ2) is 6.25. The van der Waals surface area contributed by atoms with Crippen LogP contribution in [-0.2, 0) is 12.8 Å². The molecule has 0 amide bonds. The van der Waals surface area contributed by atoms with Gasteiger partial charge in [0.05, 0.1) is 10.7 Å². The quantitative estimate of drug-likeness (QED) is 0.922. The van der Waals surface area contributed by atoms with Gasteiger partial charge in [0, 0.05) is 28.8 Å². The zero-order valence-corrected chi connectivity index (χ0v) is 13.2. The van der Waals surface area contributed by atoms with Gasteiger partial charge in [-0.1, -0.05) is 29.8 Å². The monoisotopic (exact) mass is 306 g/mol. The maximum Gasteiger partial charge on any atom is 0.0975 e. The van der Waals surface area contributed by atoms with Gasteiger partial charge in [-0.05, 0) is 37.9 Å². The Morgan fingerprint density at radius 1 is 1.40 bits per heavy atom. The Kier molecular flexibility index (Phi) is 4.39. The molecular formula is C16H19ClN2S. The normalized spacial score (nSPS) is 18.0. The summed E-state index contributed by atoms with van der Waals surface area (Å²) in [7, 11) is 2.02. The third-order valence-corrected chi connectivity index (χ3v) is 5.36. The van der Waals surface area contributed by atoms with E-state index in [1.54, 1.807) is 0 Å². The Morgan fingerprint density at radius 2 is 2.25 bits per heavy atom. The number of fused-ring (bicyclic) bond motifs is 1. The highest BCUT2D eigenvalue weighted by Crippen LogP contribution is 2.35. The largest absolute Gasteiger partial charge is 0.319 e. The molecule has 1 aromatic carbocycles. The predicted octanol–water partition coefficient (Wildman–Crippen LogP) is 4.03. The average molecular weight is 307 g/mol. The highest BCUT2D eigenvalue weighted by atomic mass is 35.5. The second-order valence-electron chi connectivity index (χ2n) is 5.33. The molecule has 3 rings (SSSR count). The molecule has 2 aromatic rings. The summed E-state index contributed by atoms with van der Waals surface area (Å²) in [6, 6.07) is 8.06. The van der Waals surface area contributed by atoms with Crippen LogP contribution in [0.5, 0.6) is 0 Å². The number of thiazole rings is 1. The van der Waals surface area contributed by atoms with Crippen LogP contribution in [0.1, 0.15) is 39.9 Å². The molecule has 0 aliphatic heterocycles. The third-order valence-electron chi connectivity index (χ3n) is 3.87. The van der Waals surface area contributed by atoms with E-state index in [1.165, 1.54) is 40.4 Å². The molecular weight excluding hydrogens is 288 g/mol. The Morgan fingerprint density at radius 3 is 3.05 bits per heavy atom. The van der Waals surface area contributed by atoms with Crippen molar-refractivity contribution in [3.63, 3.8) is 0 Å². The van der Waals surface area contributed by atoms with Crippen molar-refractivity contribution in [2.75, 3.05) is 13.6 Å². The minimum atomic E-state index is 0.583. The van der Waals surface area contributed by atoms with Crippen LogP contribution in [0.4, 0.5) is 0 Å². The SMILES string of the molecule is CNCC1CCCc2sc(Cc3ccccc3Cl)nc21. The van der Waals surface area contributed by atoms with Crippen LogP contribution in [0, 0.1) is 0 Å². The van der Waals surface area contributed by atoms with E-state index in [4.69, 9.17) is 16.6 Å². The first kappa shape index (κ1) is 14.1. The lowest BCUT2D eigenvalue weighted by Crippen LogP contribution is -2.21. The Labute approximate surface area is 129 Å². The fraction of sp³-hybridized carbons (Fsp3) is 0.438. The summed E-state index contributed by atoms with van der Waals surface area (Å²) in [4.78, 5) is 6.39. The van der Waals surface area contributed by atoms with Gasteiger partial charge in [0.25, 0.3) is 0 Å². The summed E-state index contributed by atoms with van der Waals surface area (Å²) in [5.74, 6) is 0.583. The lowest BCUT2D eigenvalue weighted by molar-refractivity contribution is 0.522. The van der Waals surface area contributed by atoms with E-state index in [0.29, 0.717) is 5.92 Å². The van der Waals surface area contributed by atoms with Crippen molar-refractivity contribution in [1.29, 1.82) is 0 Å². The van der Waals surface area contributed by atoms with Crippen LogP contribution in [0.15, 0.2) is 24.3 Å². The molecule has 1 aliphatic carbocycles. The molecule has 0 bridgehead atoms. The van der Waals surface area contributed by atoms with Gasteiger partial charge in [0.2, 0.25) is 0 Å². The summed E-state index contributed by atoms with van der Waals surface area (Å²) in [6.45, 7) is 1.03. The molecule has 0 saturated carbocycles. The van der Waals surface area contributed by atoms with Crippen LogP contribution in [0.25, 0.3) is 0 Å². The molecule has 106 valence electrons. The molecule has 4 heteroatoms. The minimum Gasteiger partial charge on any atom is -0.319 e. The van der Waals surface area contributed by atoms with E-state index in [-0.39, 0.29) is 0 Å².